The summed E-state index contributed by atoms with van der Waals surface area (Å²) in [6.45, 7) is 0.590. The highest BCUT2D eigenvalue weighted by molar-refractivity contribution is 7.90. The molecule has 3 rings (SSSR count). The largest absolute Gasteiger partial charge is 0.312 e. The Morgan fingerprint density at radius 3 is 2.15 bits per heavy atom. The van der Waals surface area contributed by atoms with Crippen LogP contribution in [0.25, 0.3) is 0 Å². The SMILES string of the molecule is CS(=O)(=O)CCNC1C2CCC1Cc1ccccc1C2. The van der Waals surface area contributed by atoms with Gasteiger partial charge in [-0.2, -0.15) is 0 Å². The standard InChI is InChI=1S/C16H23NO2S/c1-20(18,19)9-8-17-16-14-6-7-15(16)11-13-5-3-2-4-12(13)10-14/h2-5,14-17H,6-11H2,1H3. The maximum atomic E-state index is 11.3. The first kappa shape index (κ1) is 14.1. The molecule has 2 bridgehead atoms. The number of nitrogens with one attached hydrogen (secondary N) is 1. The molecule has 2 unspecified atom stereocenters. The normalized spacial score (nSPS) is 28.9. The predicted molar refractivity (Wildman–Crippen MR) is 81.6 cm³/mol. The van der Waals surface area contributed by atoms with Crippen LogP contribution in [0.15, 0.2) is 24.3 Å². The molecule has 1 aromatic carbocycles. The molecule has 4 heteroatoms. The van der Waals surface area contributed by atoms with Gasteiger partial charge in [-0.3, -0.25) is 0 Å². The Morgan fingerprint density at radius 1 is 1.10 bits per heavy atom. The lowest BCUT2D eigenvalue weighted by molar-refractivity contribution is 0.349. The van der Waals surface area contributed by atoms with Gasteiger partial charge in [-0.05, 0) is 48.6 Å². The number of hydrogen-bond acceptors (Lipinski definition) is 3. The Bertz CT molecular complexity index is 549. The van der Waals surface area contributed by atoms with Crippen LogP contribution in [0.1, 0.15) is 24.0 Å². The molecule has 0 saturated heterocycles. The molecule has 0 aliphatic heterocycles. The third-order valence-corrected chi connectivity index (χ3v) is 5.81. The maximum Gasteiger partial charge on any atom is 0.148 e. The van der Waals surface area contributed by atoms with Gasteiger partial charge in [-0.15, -0.1) is 0 Å². The van der Waals surface area contributed by atoms with E-state index >= 15 is 0 Å². The van der Waals surface area contributed by atoms with Crippen LogP contribution in [0.4, 0.5) is 0 Å². The van der Waals surface area contributed by atoms with Gasteiger partial charge < -0.3 is 5.32 Å². The predicted octanol–water partition coefficient (Wildman–Crippen LogP) is 1.81. The minimum Gasteiger partial charge on any atom is -0.312 e. The van der Waals surface area contributed by atoms with E-state index in [2.05, 4.69) is 29.6 Å². The van der Waals surface area contributed by atoms with Crippen molar-refractivity contribution in [3.8, 4) is 0 Å². The molecule has 0 aromatic heterocycles. The van der Waals surface area contributed by atoms with Crippen LogP contribution in [0, 0.1) is 11.8 Å². The van der Waals surface area contributed by atoms with Gasteiger partial charge in [0.05, 0.1) is 5.75 Å². The summed E-state index contributed by atoms with van der Waals surface area (Å²) in [5.74, 6) is 1.59. The summed E-state index contributed by atoms with van der Waals surface area (Å²) in [7, 11) is -2.86. The molecule has 2 aliphatic rings. The summed E-state index contributed by atoms with van der Waals surface area (Å²) < 4.78 is 22.5. The first-order valence-electron chi connectivity index (χ1n) is 7.51. The molecule has 0 spiro atoms. The highest BCUT2D eigenvalue weighted by atomic mass is 32.2. The molecule has 20 heavy (non-hydrogen) atoms. The summed E-state index contributed by atoms with van der Waals surface area (Å²) in [5, 5.41) is 3.54. The van der Waals surface area contributed by atoms with Crippen LogP contribution in [-0.4, -0.2) is 33.0 Å². The van der Waals surface area contributed by atoms with E-state index < -0.39 is 9.84 Å². The van der Waals surface area contributed by atoms with E-state index in [1.165, 1.54) is 30.2 Å². The second-order valence-corrected chi connectivity index (χ2v) is 8.64. The van der Waals surface area contributed by atoms with E-state index in [9.17, 15) is 8.42 Å². The third-order valence-electron chi connectivity index (χ3n) is 4.86. The number of fused-ring (bicyclic) bond motifs is 3. The molecular formula is C16H23NO2S. The highest BCUT2D eigenvalue weighted by Gasteiger charge is 2.38. The van der Waals surface area contributed by atoms with E-state index in [0.29, 0.717) is 24.4 Å². The van der Waals surface area contributed by atoms with Gasteiger partial charge in [-0.25, -0.2) is 8.42 Å². The van der Waals surface area contributed by atoms with Crippen molar-refractivity contribution in [3.05, 3.63) is 35.4 Å². The van der Waals surface area contributed by atoms with E-state index in [4.69, 9.17) is 0 Å². The maximum absolute atomic E-state index is 11.3. The first-order chi connectivity index (χ1) is 9.53. The van der Waals surface area contributed by atoms with Gasteiger partial charge in [0.15, 0.2) is 0 Å². The zero-order chi connectivity index (χ0) is 14.2. The van der Waals surface area contributed by atoms with Crippen molar-refractivity contribution in [1.82, 2.24) is 5.32 Å². The molecule has 1 fully saturated rings. The summed E-state index contributed by atoms with van der Waals surface area (Å²) in [6.07, 6.45) is 6.14. The van der Waals surface area contributed by atoms with E-state index in [1.807, 2.05) is 0 Å². The number of sulfone groups is 1. The van der Waals surface area contributed by atoms with Gasteiger partial charge in [0, 0.05) is 18.8 Å². The average molecular weight is 293 g/mol. The van der Waals surface area contributed by atoms with Gasteiger partial charge in [0.1, 0.15) is 9.84 Å². The molecule has 3 nitrogen and oxygen atoms in total. The van der Waals surface area contributed by atoms with Crippen molar-refractivity contribution in [3.63, 3.8) is 0 Å². The van der Waals surface area contributed by atoms with Gasteiger partial charge in [-0.1, -0.05) is 24.3 Å². The quantitative estimate of drug-likeness (QED) is 0.921. The first-order valence-corrected chi connectivity index (χ1v) is 9.57. The number of benzene rings is 1. The zero-order valence-corrected chi connectivity index (χ0v) is 12.8. The fourth-order valence-electron chi connectivity index (χ4n) is 3.90. The third kappa shape index (κ3) is 3.07. The molecule has 0 radical (unpaired) electrons. The van der Waals surface area contributed by atoms with Crippen molar-refractivity contribution in [2.75, 3.05) is 18.6 Å². The van der Waals surface area contributed by atoms with E-state index in [-0.39, 0.29) is 5.75 Å². The molecule has 110 valence electrons. The van der Waals surface area contributed by atoms with Crippen molar-refractivity contribution >= 4 is 9.84 Å². The summed E-state index contributed by atoms with van der Waals surface area (Å²) in [5.41, 5.74) is 2.99. The highest BCUT2D eigenvalue weighted by Crippen LogP contribution is 2.39. The molecule has 2 aliphatic carbocycles. The van der Waals surface area contributed by atoms with Crippen LogP contribution in [0.5, 0.6) is 0 Å². The molecule has 0 heterocycles. The molecule has 1 saturated carbocycles. The fraction of sp³-hybridized carbons (Fsp3) is 0.625. The Morgan fingerprint density at radius 2 is 1.65 bits per heavy atom. The molecule has 2 atom stereocenters. The lowest BCUT2D eigenvalue weighted by atomic mass is 9.94. The Balaban J connectivity index is 1.69. The van der Waals surface area contributed by atoms with E-state index in [1.54, 1.807) is 0 Å². The minimum atomic E-state index is -2.86. The van der Waals surface area contributed by atoms with Gasteiger partial charge in [0.2, 0.25) is 0 Å². The van der Waals surface area contributed by atoms with Crippen LogP contribution < -0.4 is 5.32 Å². The molecular weight excluding hydrogens is 270 g/mol. The van der Waals surface area contributed by atoms with Crippen LogP contribution in [0.3, 0.4) is 0 Å². The number of hydrogen-bond donors (Lipinski definition) is 1. The Labute approximate surface area is 121 Å². The van der Waals surface area contributed by atoms with Crippen molar-refractivity contribution in [1.29, 1.82) is 0 Å². The van der Waals surface area contributed by atoms with Crippen LogP contribution >= 0.6 is 0 Å². The topological polar surface area (TPSA) is 46.2 Å². The minimum absolute atomic E-state index is 0.246. The van der Waals surface area contributed by atoms with E-state index in [0.717, 1.165) is 12.8 Å². The van der Waals surface area contributed by atoms with Crippen molar-refractivity contribution in [2.45, 2.75) is 31.7 Å². The number of rotatable bonds is 4. The molecule has 1 aromatic rings. The molecule has 1 N–H and O–H groups in total. The summed E-state index contributed by atoms with van der Waals surface area (Å²) in [4.78, 5) is 0. The van der Waals surface area contributed by atoms with Crippen molar-refractivity contribution in [2.24, 2.45) is 11.8 Å². The van der Waals surface area contributed by atoms with Gasteiger partial charge >= 0.3 is 0 Å². The zero-order valence-electron chi connectivity index (χ0n) is 12.0. The van der Waals surface area contributed by atoms with Crippen LogP contribution in [-0.2, 0) is 22.7 Å². The van der Waals surface area contributed by atoms with Gasteiger partial charge in [0.25, 0.3) is 0 Å². The smallest absolute Gasteiger partial charge is 0.148 e. The second kappa shape index (κ2) is 5.49. The lowest BCUT2D eigenvalue weighted by Gasteiger charge is -2.23. The monoisotopic (exact) mass is 293 g/mol. The average Bonchev–Trinajstić information content (AvgIpc) is 2.64. The Kier molecular flexibility index (Phi) is 3.87. The summed E-state index contributed by atoms with van der Waals surface area (Å²) >= 11 is 0. The fourth-order valence-corrected chi connectivity index (χ4v) is 4.38. The Hall–Kier alpha value is -0.870. The van der Waals surface area contributed by atoms with Crippen LogP contribution in [0.2, 0.25) is 0 Å². The molecule has 0 amide bonds. The van der Waals surface area contributed by atoms with Crippen molar-refractivity contribution < 1.29 is 8.42 Å². The summed E-state index contributed by atoms with van der Waals surface area (Å²) in [6, 6.07) is 9.25. The lowest BCUT2D eigenvalue weighted by Crippen LogP contribution is -2.40. The second-order valence-electron chi connectivity index (χ2n) is 6.38.